The lowest BCUT2D eigenvalue weighted by Crippen LogP contribution is -2.15. The van der Waals surface area contributed by atoms with Crippen molar-refractivity contribution in [3.05, 3.63) is 89.8 Å². The minimum atomic E-state index is -0.599. The third kappa shape index (κ3) is 5.46. The summed E-state index contributed by atoms with van der Waals surface area (Å²) in [5.74, 6) is -1.20. The van der Waals surface area contributed by atoms with Crippen LogP contribution < -0.4 is 4.31 Å². The highest BCUT2D eigenvalue weighted by molar-refractivity contribution is 8.00. The van der Waals surface area contributed by atoms with Gasteiger partial charge in [0, 0.05) is 48.2 Å². The lowest BCUT2D eigenvalue weighted by Gasteiger charge is -2.18. The molecule has 0 radical (unpaired) electrons. The number of pyridine rings is 1. The summed E-state index contributed by atoms with van der Waals surface area (Å²) in [5.41, 5.74) is 5.10. The molecule has 0 bridgehead atoms. The van der Waals surface area contributed by atoms with Gasteiger partial charge in [0.05, 0.1) is 16.8 Å². The molecule has 0 aliphatic rings. The molecule has 0 saturated carbocycles. The Kier molecular flexibility index (Phi) is 7.29. The van der Waals surface area contributed by atoms with Crippen LogP contribution in [0.1, 0.15) is 11.1 Å². The van der Waals surface area contributed by atoms with Crippen molar-refractivity contribution in [3.63, 3.8) is 0 Å². The second kappa shape index (κ2) is 10.4. The predicted molar refractivity (Wildman–Crippen MR) is 136 cm³/mol. The molecule has 2 heterocycles. The summed E-state index contributed by atoms with van der Waals surface area (Å²) in [6, 6.07) is 16.0. The largest absolute Gasteiger partial charge is 0.344 e. The first-order chi connectivity index (χ1) is 16.3. The van der Waals surface area contributed by atoms with Gasteiger partial charge in [-0.25, -0.2) is 8.78 Å². The van der Waals surface area contributed by atoms with E-state index in [9.17, 15) is 13.6 Å². The first kappa shape index (κ1) is 23.9. The number of carbonyl (C=O) groups excluding carboxylic acids is 1. The Morgan fingerprint density at radius 1 is 0.971 bits per heavy atom. The zero-order chi connectivity index (χ0) is 24.2. The standard InChI is InChI=1S/C26H23F2N3OS2/c1-17-4-5-18(10-20(17)15-30(2)16-32)24-8-9-25(33-24)19-11-22(14-29-13-19)31(3)34-26-7-6-21(27)12-23(26)28/h4-14,16H,15H2,1-3H3. The van der Waals surface area contributed by atoms with Crippen LogP contribution in [0.5, 0.6) is 0 Å². The average molecular weight is 496 g/mol. The van der Waals surface area contributed by atoms with Crippen molar-refractivity contribution >= 4 is 35.4 Å². The highest BCUT2D eigenvalue weighted by atomic mass is 32.2. The third-order valence-corrected chi connectivity index (χ3v) is 7.54. The van der Waals surface area contributed by atoms with E-state index in [1.54, 1.807) is 40.0 Å². The zero-order valence-electron chi connectivity index (χ0n) is 19.0. The SMILES string of the molecule is Cc1ccc(-c2ccc(-c3cncc(N(C)Sc4ccc(F)cc4F)c3)s2)cc1CN(C)C=O. The maximum absolute atomic E-state index is 14.1. The minimum Gasteiger partial charge on any atom is -0.344 e. The van der Waals surface area contributed by atoms with Gasteiger partial charge >= 0.3 is 0 Å². The Hall–Kier alpha value is -3.23. The zero-order valence-corrected chi connectivity index (χ0v) is 20.6. The molecule has 174 valence electrons. The Bertz CT molecular complexity index is 1330. The normalized spacial score (nSPS) is 10.9. The second-order valence-electron chi connectivity index (χ2n) is 7.92. The van der Waals surface area contributed by atoms with Crippen LogP contribution in [0.2, 0.25) is 0 Å². The topological polar surface area (TPSA) is 36.4 Å². The number of aryl methyl sites for hydroxylation is 1. The third-order valence-electron chi connectivity index (χ3n) is 5.34. The monoisotopic (exact) mass is 495 g/mol. The van der Waals surface area contributed by atoms with Gasteiger partial charge in [-0.15, -0.1) is 11.3 Å². The van der Waals surface area contributed by atoms with Gasteiger partial charge in [-0.1, -0.05) is 12.1 Å². The highest BCUT2D eigenvalue weighted by Gasteiger charge is 2.12. The van der Waals surface area contributed by atoms with E-state index in [1.807, 2.05) is 20.0 Å². The van der Waals surface area contributed by atoms with Crippen LogP contribution in [-0.2, 0) is 11.3 Å². The molecule has 0 fully saturated rings. The highest BCUT2D eigenvalue weighted by Crippen LogP contribution is 2.37. The number of hydrogen-bond acceptors (Lipinski definition) is 5. The van der Waals surface area contributed by atoms with E-state index >= 15 is 0 Å². The lowest BCUT2D eigenvalue weighted by molar-refractivity contribution is -0.117. The van der Waals surface area contributed by atoms with Crippen LogP contribution in [0.3, 0.4) is 0 Å². The molecule has 0 atom stereocenters. The van der Waals surface area contributed by atoms with Crippen molar-refractivity contribution in [2.75, 3.05) is 18.4 Å². The molecule has 0 spiro atoms. The van der Waals surface area contributed by atoms with Crippen LogP contribution >= 0.6 is 23.3 Å². The Labute approximate surface area is 206 Å². The van der Waals surface area contributed by atoms with Gasteiger partial charge < -0.3 is 9.21 Å². The Balaban J connectivity index is 1.56. The second-order valence-corrected chi connectivity index (χ2v) is 10.2. The van der Waals surface area contributed by atoms with Crippen molar-refractivity contribution in [3.8, 4) is 20.9 Å². The Morgan fingerprint density at radius 3 is 2.47 bits per heavy atom. The summed E-state index contributed by atoms with van der Waals surface area (Å²) in [4.78, 5) is 19.5. The maximum Gasteiger partial charge on any atom is 0.209 e. The molecule has 4 nitrogen and oxygen atoms in total. The predicted octanol–water partition coefficient (Wildman–Crippen LogP) is 6.80. The summed E-state index contributed by atoms with van der Waals surface area (Å²) in [6.45, 7) is 2.60. The quantitative estimate of drug-likeness (QED) is 0.199. The first-order valence-corrected chi connectivity index (χ1v) is 12.1. The minimum absolute atomic E-state index is 0.336. The number of aromatic nitrogens is 1. The van der Waals surface area contributed by atoms with E-state index < -0.39 is 11.6 Å². The number of anilines is 1. The van der Waals surface area contributed by atoms with E-state index in [4.69, 9.17) is 0 Å². The van der Waals surface area contributed by atoms with Crippen molar-refractivity contribution in [1.82, 2.24) is 9.88 Å². The molecule has 34 heavy (non-hydrogen) atoms. The fourth-order valence-electron chi connectivity index (χ4n) is 3.43. The van der Waals surface area contributed by atoms with Gasteiger partial charge in [0.25, 0.3) is 0 Å². The molecule has 1 amide bonds. The lowest BCUT2D eigenvalue weighted by atomic mass is 10.0. The number of nitrogens with zero attached hydrogens (tertiary/aromatic N) is 3. The van der Waals surface area contributed by atoms with Crippen LogP contribution in [0.4, 0.5) is 14.5 Å². The summed E-state index contributed by atoms with van der Waals surface area (Å²) in [7, 11) is 3.58. The Morgan fingerprint density at radius 2 is 1.74 bits per heavy atom. The van der Waals surface area contributed by atoms with Gasteiger partial charge in [-0.05, 0) is 72.0 Å². The van der Waals surface area contributed by atoms with E-state index in [-0.39, 0.29) is 0 Å². The molecule has 0 N–H and O–H groups in total. The summed E-state index contributed by atoms with van der Waals surface area (Å²) >= 11 is 2.83. The molecular weight excluding hydrogens is 472 g/mol. The number of benzene rings is 2. The van der Waals surface area contributed by atoms with Gasteiger partial charge in [0.2, 0.25) is 6.41 Å². The summed E-state index contributed by atoms with van der Waals surface area (Å²) in [5, 5.41) is 0. The maximum atomic E-state index is 14.1. The molecule has 0 aliphatic heterocycles. The molecular formula is C26H23F2N3OS2. The molecule has 8 heteroatoms. The van der Waals surface area contributed by atoms with Crippen LogP contribution in [0, 0.1) is 18.6 Å². The molecule has 0 unspecified atom stereocenters. The molecule has 0 saturated heterocycles. The van der Waals surface area contributed by atoms with Crippen LogP contribution in [0.25, 0.3) is 20.9 Å². The van der Waals surface area contributed by atoms with Crippen LogP contribution in [-0.4, -0.2) is 30.4 Å². The van der Waals surface area contributed by atoms with Crippen LogP contribution in [0.15, 0.2) is 71.9 Å². The van der Waals surface area contributed by atoms with Gasteiger partial charge in [0.1, 0.15) is 11.6 Å². The fourth-order valence-corrected chi connectivity index (χ4v) is 5.19. The average Bonchev–Trinajstić information content (AvgIpc) is 3.32. The van der Waals surface area contributed by atoms with Gasteiger partial charge in [-0.3, -0.25) is 9.78 Å². The van der Waals surface area contributed by atoms with Crippen molar-refractivity contribution in [2.24, 2.45) is 0 Å². The van der Waals surface area contributed by atoms with Crippen molar-refractivity contribution < 1.29 is 13.6 Å². The number of thiophene rings is 1. The first-order valence-electron chi connectivity index (χ1n) is 10.5. The number of amides is 1. The number of halogens is 2. The summed E-state index contributed by atoms with van der Waals surface area (Å²) < 4.78 is 29.1. The smallest absolute Gasteiger partial charge is 0.209 e. The summed E-state index contributed by atoms with van der Waals surface area (Å²) in [6.07, 6.45) is 4.34. The van der Waals surface area contributed by atoms with E-state index in [2.05, 4.69) is 35.3 Å². The molecule has 0 aliphatic carbocycles. The van der Waals surface area contributed by atoms with E-state index in [0.29, 0.717) is 11.4 Å². The number of hydrogen-bond donors (Lipinski definition) is 0. The molecule has 2 aromatic carbocycles. The number of carbonyl (C=O) groups is 1. The number of rotatable bonds is 8. The molecule has 4 rings (SSSR count). The fraction of sp³-hybridized carbons (Fsp3) is 0.154. The molecule has 4 aromatic rings. The van der Waals surface area contributed by atoms with Crippen molar-refractivity contribution in [1.29, 1.82) is 0 Å². The van der Waals surface area contributed by atoms with Gasteiger partial charge in [-0.2, -0.15) is 0 Å². The van der Waals surface area contributed by atoms with E-state index in [0.717, 1.165) is 50.2 Å². The van der Waals surface area contributed by atoms with E-state index in [1.165, 1.54) is 24.1 Å². The molecule has 2 aromatic heterocycles. The van der Waals surface area contributed by atoms with Gasteiger partial charge in [0.15, 0.2) is 0 Å². The van der Waals surface area contributed by atoms with Crippen molar-refractivity contribution in [2.45, 2.75) is 18.4 Å².